The Bertz CT molecular complexity index is 887. The number of carbonyl (C=O) groups is 2. The van der Waals surface area contributed by atoms with Crippen molar-refractivity contribution in [3.05, 3.63) is 52.2 Å². The normalized spacial score (nSPS) is 10.5. The number of anilines is 1. The Labute approximate surface area is 164 Å². The number of thioether (sulfide) groups is 1. The summed E-state index contributed by atoms with van der Waals surface area (Å²) in [5, 5.41) is 9.73. The Kier molecular flexibility index (Phi) is 6.08. The summed E-state index contributed by atoms with van der Waals surface area (Å²) >= 11 is 4.32. The van der Waals surface area contributed by atoms with E-state index in [4.69, 9.17) is 0 Å². The molecule has 3 aromatic rings. The zero-order valence-corrected chi connectivity index (χ0v) is 16.7. The Balaban J connectivity index is 1.56. The highest BCUT2D eigenvalue weighted by atomic mass is 32.2. The lowest BCUT2D eigenvalue weighted by Gasteiger charge is -2.09. The van der Waals surface area contributed by atoms with E-state index < -0.39 is 0 Å². The van der Waals surface area contributed by atoms with Gasteiger partial charge >= 0.3 is 0 Å². The van der Waals surface area contributed by atoms with Crippen molar-refractivity contribution in [3.63, 3.8) is 0 Å². The van der Waals surface area contributed by atoms with Gasteiger partial charge in [0.25, 0.3) is 5.24 Å². The number of nitrogens with one attached hydrogen (secondary N) is 1. The summed E-state index contributed by atoms with van der Waals surface area (Å²) in [5.41, 5.74) is 2.55. The molecule has 1 N–H and O–H groups in total. The van der Waals surface area contributed by atoms with Gasteiger partial charge in [-0.15, -0.1) is 11.3 Å². The number of benzene rings is 1. The quantitative estimate of drug-likeness (QED) is 0.620. The molecule has 0 saturated carbocycles. The number of nitrogens with zero attached hydrogens (tertiary/aromatic N) is 2. The van der Waals surface area contributed by atoms with E-state index in [1.54, 1.807) is 48.9 Å². The topological polar surface area (TPSA) is 62.3 Å². The van der Waals surface area contributed by atoms with E-state index in [-0.39, 0.29) is 17.6 Å². The van der Waals surface area contributed by atoms with Gasteiger partial charge in [0.2, 0.25) is 5.91 Å². The van der Waals surface area contributed by atoms with Crippen molar-refractivity contribution in [1.29, 1.82) is 0 Å². The lowest BCUT2D eigenvalue weighted by Crippen LogP contribution is -2.16. The van der Waals surface area contributed by atoms with Crippen LogP contribution in [0.4, 0.5) is 10.5 Å². The minimum Gasteiger partial charge on any atom is -0.339 e. The monoisotopic (exact) mass is 403 g/mol. The van der Waals surface area contributed by atoms with Gasteiger partial charge in [-0.2, -0.15) is 11.3 Å². The van der Waals surface area contributed by atoms with Crippen molar-refractivity contribution in [2.24, 2.45) is 0 Å². The fraction of sp³-hybridized carbons (Fsp3) is 0.167. The zero-order valence-electron chi connectivity index (χ0n) is 14.3. The number of hydrogen-bond donors (Lipinski definition) is 1. The van der Waals surface area contributed by atoms with Crippen LogP contribution in [-0.4, -0.2) is 35.1 Å². The van der Waals surface area contributed by atoms with Crippen molar-refractivity contribution >= 4 is 51.3 Å². The van der Waals surface area contributed by atoms with Crippen LogP contribution in [0.5, 0.6) is 0 Å². The summed E-state index contributed by atoms with van der Waals surface area (Å²) in [7, 11) is 3.43. The molecular weight excluding hydrogens is 386 g/mol. The molecule has 134 valence electrons. The molecule has 0 aliphatic rings. The number of thiazole rings is 1. The lowest BCUT2D eigenvalue weighted by molar-refractivity contribution is -0.115. The zero-order chi connectivity index (χ0) is 18.5. The molecule has 0 aliphatic heterocycles. The third-order valence-corrected chi connectivity index (χ3v) is 6.04. The summed E-state index contributed by atoms with van der Waals surface area (Å²) in [6, 6.07) is 9.24. The third-order valence-electron chi connectivity index (χ3n) is 3.37. The van der Waals surface area contributed by atoms with Gasteiger partial charge in [-0.3, -0.25) is 9.59 Å². The third kappa shape index (κ3) is 4.94. The molecule has 0 fully saturated rings. The maximum absolute atomic E-state index is 12.2. The highest BCUT2D eigenvalue weighted by Crippen LogP contribution is 2.26. The minimum absolute atomic E-state index is 0.0354. The van der Waals surface area contributed by atoms with Gasteiger partial charge in [0.1, 0.15) is 5.01 Å². The van der Waals surface area contributed by atoms with E-state index in [1.165, 1.54) is 4.90 Å². The van der Waals surface area contributed by atoms with Crippen LogP contribution in [0.15, 0.2) is 51.4 Å². The highest BCUT2D eigenvalue weighted by Gasteiger charge is 2.10. The fourth-order valence-electron chi connectivity index (χ4n) is 2.08. The van der Waals surface area contributed by atoms with Gasteiger partial charge in [-0.25, -0.2) is 4.98 Å². The number of aromatic nitrogens is 1. The van der Waals surface area contributed by atoms with E-state index >= 15 is 0 Å². The van der Waals surface area contributed by atoms with Gasteiger partial charge in [-0.05, 0) is 47.5 Å². The van der Waals surface area contributed by atoms with Crippen molar-refractivity contribution in [2.45, 2.75) is 11.3 Å². The largest absolute Gasteiger partial charge is 0.339 e. The molecular formula is C18H17N3O2S3. The predicted molar refractivity (Wildman–Crippen MR) is 109 cm³/mol. The van der Waals surface area contributed by atoms with Crippen molar-refractivity contribution in [3.8, 4) is 10.6 Å². The molecule has 0 bridgehead atoms. The molecule has 0 unspecified atom stereocenters. The molecule has 2 amide bonds. The van der Waals surface area contributed by atoms with Gasteiger partial charge in [-0.1, -0.05) is 0 Å². The minimum atomic E-state index is -0.114. The van der Waals surface area contributed by atoms with Crippen LogP contribution in [0.3, 0.4) is 0 Å². The maximum atomic E-state index is 12.2. The van der Waals surface area contributed by atoms with E-state index in [2.05, 4.69) is 10.3 Å². The molecule has 2 aromatic heterocycles. The molecule has 3 rings (SSSR count). The molecule has 0 saturated heterocycles. The smallest absolute Gasteiger partial charge is 0.285 e. The van der Waals surface area contributed by atoms with E-state index in [0.717, 1.165) is 32.9 Å². The summed E-state index contributed by atoms with van der Waals surface area (Å²) in [6.45, 7) is 0. The summed E-state index contributed by atoms with van der Waals surface area (Å²) in [5.74, 6) is -0.114. The van der Waals surface area contributed by atoms with E-state index in [1.807, 2.05) is 34.3 Å². The highest BCUT2D eigenvalue weighted by molar-refractivity contribution is 8.13. The van der Waals surface area contributed by atoms with E-state index in [0.29, 0.717) is 5.69 Å². The van der Waals surface area contributed by atoms with Crippen LogP contribution >= 0.6 is 34.4 Å². The van der Waals surface area contributed by atoms with Gasteiger partial charge in [0.05, 0.1) is 12.1 Å². The SMILES string of the molecule is CN(C)C(=O)Sc1ccc(NC(=O)Cc2csc(-c3ccsc3)n2)cc1. The Hall–Kier alpha value is -2.16. The molecule has 0 aliphatic carbocycles. The summed E-state index contributed by atoms with van der Waals surface area (Å²) in [6.07, 6.45) is 0.232. The van der Waals surface area contributed by atoms with Crippen molar-refractivity contribution in [1.82, 2.24) is 9.88 Å². The molecule has 1 aromatic carbocycles. The maximum Gasteiger partial charge on any atom is 0.285 e. The van der Waals surface area contributed by atoms with E-state index in [9.17, 15) is 9.59 Å². The number of thiophene rings is 1. The first-order valence-electron chi connectivity index (χ1n) is 7.77. The van der Waals surface area contributed by atoms with Crippen LogP contribution in [0, 0.1) is 0 Å². The van der Waals surface area contributed by atoms with Crippen molar-refractivity contribution in [2.75, 3.05) is 19.4 Å². The number of carbonyl (C=O) groups excluding carboxylic acids is 2. The Morgan fingerprint density at radius 1 is 1.15 bits per heavy atom. The first-order chi connectivity index (χ1) is 12.5. The fourth-order valence-corrected chi connectivity index (χ4v) is 4.26. The number of hydrogen-bond acceptors (Lipinski definition) is 6. The Morgan fingerprint density at radius 3 is 2.58 bits per heavy atom. The standard InChI is InChI=1S/C18H17N3O2S3/c1-21(2)18(23)26-15-5-3-13(4-6-15)19-16(22)9-14-11-25-17(20-14)12-7-8-24-10-12/h3-8,10-11H,9H2,1-2H3,(H,19,22). The van der Waals surface area contributed by atoms with Crippen molar-refractivity contribution < 1.29 is 9.59 Å². The first-order valence-corrected chi connectivity index (χ1v) is 10.4. The average Bonchev–Trinajstić information content (AvgIpc) is 3.27. The van der Waals surface area contributed by atoms with Crippen LogP contribution < -0.4 is 5.32 Å². The average molecular weight is 404 g/mol. The molecule has 0 spiro atoms. The Morgan fingerprint density at radius 2 is 1.92 bits per heavy atom. The molecule has 5 nitrogen and oxygen atoms in total. The molecule has 0 atom stereocenters. The second-order valence-corrected chi connectivity index (χ2v) is 8.33. The van der Waals surface area contributed by atoms with Gasteiger partial charge in [0.15, 0.2) is 0 Å². The summed E-state index contributed by atoms with van der Waals surface area (Å²) < 4.78 is 0. The van der Waals surface area contributed by atoms with Crippen LogP contribution in [0.1, 0.15) is 5.69 Å². The van der Waals surface area contributed by atoms with Crippen LogP contribution in [-0.2, 0) is 11.2 Å². The molecule has 2 heterocycles. The number of amides is 2. The predicted octanol–water partition coefficient (Wildman–Crippen LogP) is 4.83. The second-order valence-electron chi connectivity index (χ2n) is 5.67. The first kappa shape index (κ1) is 18.6. The molecule has 26 heavy (non-hydrogen) atoms. The number of rotatable bonds is 5. The lowest BCUT2D eigenvalue weighted by atomic mass is 10.3. The second kappa shape index (κ2) is 8.48. The van der Waals surface area contributed by atoms with Crippen LogP contribution in [0.25, 0.3) is 10.6 Å². The molecule has 8 heteroatoms. The molecule has 0 radical (unpaired) electrons. The van der Waals surface area contributed by atoms with Gasteiger partial charge in [0, 0.05) is 41.0 Å². The van der Waals surface area contributed by atoms with Crippen LogP contribution in [0.2, 0.25) is 0 Å². The van der Waals surface area contributed by atoms with Gasteiger partial charge < -0.3 is 10.2 Å². The summed E-state index contributed by atoms with van der Waals surface area (Å²) in [4.78, 5) is 30.8.